The van der Waals surface area contributed by atoms with Crippen molar-refractivity contribution in [1.29, 1.82) is 0 Å². The Morgan fingerprint density at radius 3 is 2.66 bits per heavy atom. The number of nitrogens with zero attached hydrogens (tertiary/aromatic N) is 2. The van der Waals surface area contributed by atoms with E-state index in [9.17, 15) is 0 Å². The first-order chi connectivity index (χ1) is 14.0. The van der Waals surface area contributed by atoms with Crippen LogP contribution in [0.1, 0.15) is 47.9 Å². The van der Waals surface area contributed by atoms with Crippen molar-refractivity contribution in [2.24, 2.45) is 4.99 Å². The Labute approximate surface area is 173 Å². The molecule has 0 saturated heterocycles. The smallest absolute Gasteiger partial charge is 0.191 e. The zero-order chi connectivity index (χ0) is 21.2. The fourth-order valence-corrected chi connectivity index (χ4v) is 3.21. The van der Waals surface area contributed by atoms with Crippen LogP contribution in [0.2, 0.25) is 0 Å². The van der Waals surface area contributed by atoms with E-state index in [0.29, 0.717) is 19.8 Å². The van der Waals surface area contributed by atoms with Gasteiger partial charge in [0.05, 0.1) is 18.8 Å². The summed E-state index contributed by atoms with van der Waals surface area (Å²) in [5, 5.41) is 10.8. The SMILES string of the molecule is CCNC(=NCc1ccc(C)cc1OCCOC)NCC(C)c1c(C)noc1C. The summed E-state index contributed by atoms with van der Waals surface area (Å²) in [5.74, 6) is 2.76. The summed E-state index contributed by atoms with van der Waals surface area (Å²) in [7, 11) is 1.67. The maximum absolute atomic E-state index is 5.87. The molecule has 1 aromatic carbocycles. The molecule has 0 amide bonds. The number of hydrogen-bond donors (Lipinski definition) is 2. The van der Waals surface area contributed by atoms with Crippen molar-refractivity contribution in [1.82, 2.24) is 15.8 Å². The van der Waals surface area contributed by atoms with Gasteiger partial charge in [0.25, 0.3) is 0 Å². The number of aliphatic imine (C=N–C) groups is 1. The van der Waals surface area contributed by atoms with Gasteiger partial charge in [0.2, 0.25) is 0 Å². The summed E-state index contributed by atoms with van der Waals surface area (Å²) < 4.78 is 16.2. The van der Waals surface area contributed by atoms with Crippen molar-refractivity contribution in [3.05, 3.63) is 46.3 Å². The number of rotatable bonds is 10. The minimum absolute atomic E-state index is 0.261. The highest BCUT2D eigenvalue weighted by Gasteiger charge is 2.16. The van der Waals surface area contributed by atoms with Gasteiger partial charge in [-0.1, -0.05) is 24.2 Å². The fraction of sp³-hybridized carbons (Fsp3) is 0.545. The highest BCUT2D eigenvalue weighted by molar-refractivity contribution is 5.79. The molecule has 160 valence electrons. The van der Waals surface area contributed by atoms with Gasteiger partial charge in [0, 0.05) is 37.2 Å². The number of guanidine groups is 1. The van der Waals surface area contributed by atoms with Crippen molar-refractivity contribution in [3.8, 4) is 5.75 Å². The Morgan fingerprint density at radius 2 is 2.00 bits per heavy atom. The topological polar surface area (TPSA) is 80.9 Å². The minimum atomic E-state index is 0.261. The van der Waals surface area contributed by atoms with Crippen molar-refractivity contribution in [2.45, 2.75) is 47.1 Å². The molecule has 2 aromatic rings. The molecular weight excluding hydrogens is 368 g/mol. The van der Waals surface area contributed by atoms with Gasteiger partial charge >= 0.3 is 0 Å². The maximum Gasteiger partial charge on any atom is 0.191 e. The second kappa shape index (κ2) is 11.5. The van der Waals surface area contributed by atoms with Crippen LogP contribution in [0.5, 0.6) is 5.75 Å². The van der Waals surface area contributed by atoms with Crippen LogP contribution in [0.4, 0.5) is 0 Å². The summed E-state index contributed by atoms with van der Waals surface area (Å²) in [6.07, 6.45) is 0. The quantitative estimate of drug-likeness (QED) is 0.360. The molecule has 0 spiro atoms. The number of methoxy groups -OCH3 is 1. The minimum Gasteiger partial charge on any atom is -0.491 e. The molecule has 2 N–H and O–H groups in total. The molecule has 7 nitrogen and oxygen atoms in total. The van der Waals surface area contributed by atoms with Crippen LogP contribution in [-0.4, -0.2) is 44.5 Å². The first-order valence-corrected chi connectivity index (χ1v) is 10.1. The molecule has 0 aliphatic rings. The zero-order valence-electron chi connectivity index (χ0n) is 18.5. The number of aryl methyl sites for hydroxylation is 3. The summed E-state index contributed by atoms with van der Waals surface area (Å²) in [5.41, 5.74) is 4.29. The Kier molecular flexibility index (Phi) is 8.99. The third-order valence-corrected chi connectivity index (χ3v) is 4.68. The lowest BCUT2D eigenvalue weighted by molar-refractivity contribution is 0.145. The third-order valence-electron chi connectivity index (χ3n) is 4.68. The Balaban J connectivity index is 2.05. The van der Waals surface area contributed by atoms with Crippen molar-refractivity contribution in [2.75, 3.05) is 33.4 Å². The van der Waals surface area contributed by atoms with Gasteiger partial charge in [0.15, 0.2) is 5.96 Å². The Morgan fingerprint density at radius 1 is 1.21 bits per heavy atom. The van der Waals surface area contributed by atoms with Gasteiger partial charge in [-0.05, 0) is 39.3 Å². The van der Waals surface area contributed by atoms with Crippen LogP contribution in [0.3, 0.4) is 0 Å². The largest absolute Gasteiger partial charge is 0.491 e. The standard InChI is InChI=1S/C22H34N4O3/c1-7-23-22(24-13-16(3)21-17(4)26-29-18(21)5)25-14-19-9-8-15(2)12-20(19)28-11-10-27-6/h8-9,12,16H,7,10-11,13-14H2,1-6H3,(H2,23,24,25). The van der Waals surface area contributed by atoms with E-state index in [1.54, 1.807) is 7.11 Å². The van der Waals surface area contributed by atoms with E-state index in [1.165, 1.54) is 0 Å². The van der Waals surface area contributed by atoms with Crippen molar-refractivity contribution < 1.29 is 14.0 Å². The maximum atomic E-state index is 5.87. The summed E-state index contributed by atoms with van der Waals surface area (Å²) in [6, 6.07) is 6.19. The van der Waals surface area contributed by atoms with E-state index < -0.39 is 0 Å². The highest BCUT2D eigenvalue weighted by Crippen LogP contribution is 2.23. The average Bonchev–Trinajstić information content (AvgIpc) is 3.03. The molecule has 29 heavy (non-hydrogen) atoms. The van der Waals surface area contributed by atoms with Crippen molar-refractivity contribution in [3.63, 3.8) is 0 Å². The number of aromatic nitrogens is 1. The van der Waals surface area contributed by atoms with E-state index in [1.807, 2.05) is 19.9 Å². The molecule has 0 radical (unpaired) electrons. The molecular formula is C22H34N4O3. The lowest BCUT2D eigenvalue weighted by atomic mass is 10.00. The van der Waals surface area contributed by atoms with Crippen LogP contribution < -0.4 is 15.4 Å². The number of ether oxygens (including phenoxy) is 2. The molecule has 1 heterocycles. The molecule has 7 heteroatoms. The molecule has 0 bridgehead atoms. The molecule has 0 saturated carbocycles. The molecule has 0 aliphatic carbocycles. The van der Waals surface area contributed by atoms with Gasteiger partial charge in [-0.25, -0.2) is 4.99 Å². The van der Waals surface area contributed by atoms with Crippen LogP contribution in [0.15, 0.2) is 27.7 Å². The molecule has 0 aliphatic heterocycles. The summed E-state index contributed by atoms with van der Waals surface area (Å²) in [6.45, 7) is 13.3. The monoisotopic (exact) mass is 402 g/mol. The molecule has 1 unspecified atom stereocenters. The first kappa shape index (κ1) is 22.7. The second-order valence-electron chi connectivity index (χ2n) is 7.17. The Hall–Kier alpha value is -2.54. The zero-order valence-corrected chi connectivity index (χ0v) is 18.5. The lowest BCUT2D eigenvalue weighted by Gasteiger charge is -2.16. The molecule has 2 rings (SSSR count). The van der Waals surface area contributed by atoms with Crippen molar-refractivity contribution >= 4 is 5.96 Å². The third kappa shape index (κ3) is 6.78. The highest BCUT2D eigenvalue weighted by atomic mass is 16.5. The van der Waals surface area contributed by atoms with Gasteiger partial charge in [-0.3, -0.25) is 0 Å². The van der Waals surface area contributed by atoms with Crippen LogP contribution in [-0.2, 0) is 11.3 Å². The van der Waals surface area contributed by atoms with E-state index in [2.05, 4.69) is 48.7 Å². The number of hydrogen-bond acceptors (Lipinski definition) is 5. The first-order valence-electron chi connectivity index (χ1n) is 10.1. The average molecular weight is 403 g/mol. The van der Waals surface area contributed by atoms with E-state index in [4.69, 9.17) is 19.0 Å². The fourth-order valence-electron chi connectivity index (χ4n) is 3.21. The van der Waals surface area contributed by atoms with E-state index in [-0.39, 0.29) is 5.92 Å². The Bertz CT molecular complexity index is 782. The number of nitrogens with one attached hydrogen (secondary N) is 2. The normalized spacial score (nSPS) is 12.7. The molecule has 1 atom stereocenters. The van der Waals surface area contributed by atoms with Gasteiger partial charge in [0.1, 0.15) is 18.1 Å². The molecule has 1 aromatic heterocycles. The molecule has 0 fully saturated rings. The predicted octanol–water partition coefficient (Wildman–Crippen LogP) is 3.48. The lowest BCUT2D eigenvalue weighted by Crippen LogP contribution is -2.39. The summed E-state index contributed by atoms with van der Waals surface area (Å²) in [4.78, 5) is 4.74. The van der Waals surface area contributed by atoms with Crippen LogP contribution in [0, 0.1) is 20.8 Å². The van der Waals surface area contributed by atoms with Crippen LogP contribution in [0.25, 0.3) is 0 Å². The summed E-state index contributed by atoms with van der Waals surface area (Å²) >= 11 is 0. The van der Waals surface area contributed by atoms with Gasteiger partial charge < -0.3 is 24.6 Å². The van der Waals surface area contributed by atoms with Crippen LogP contribution >= 0.6 is 0 Å². The van der Waals surface area contributed by atoms with E-state index >= 15 is 0 Å². The number of benzene rings is 1. The van der Waals surface area contributed by atoms with E-state index in [0.717, 1.165) is 52.9 Å². The van der Waals surface area contributed by atoms with Gasteiger partial charge in [-0.2, -0.15) is 0 Å². The predicted molar refractivity (Wildman–Crippen MR) is 116 cm³/mol. The second-order valence-corrected chi connectivity index (χ2v) is 7.17. The van der Waals surface area contributed by atoms with Gasteiger partial charge in [-0.15, -0.1) is 0 Å².